The molecule has 116 valence electrons. The maximum atomic E-state index is 13.4. The number of esters is 1. The van der Waals surface area contributed by atoms with Gasteiger partial charge in [-0.2, -0.15) is 0 Å². The lowest BCUT2D eigenvalue weighted by atomic mass is 9.83. The van der Waals surface area contributed by atoms with Gasteiger partial charge in [-0.25, -0.2) is 8.42 Å². The minimum Gasteiger partial charge on any atom is -0.434 e. The van der Waals surface area contributed by atoms with Gasteiger partial charge < -0.3 is 9.47 Å². The number of hydrogen-bond donors (Lipinski definition) is 0. The molecular formula is C16H16O5S. The average Bonchev–Trinajstić information content (AvgIpc) is 3.19. The van der Waals surface area contributed by atoms with Crippen LogP contribution in [0.15, 0.2) is 47.4 Å². The molecule has 6 heteroatoms. The molecule has 0 radical (unpaired) electrons. The number of cyclic esters (lactones) is 1. The zero-order valence-corrected chi connectivity index (χ0v) is 12.8. The van der Waals surface area contributed by atoms with E-state index in [1.165, 1.54) is 7.11 Å². The second kappa shape index (κ2) is 4.43. The molecule has 22 heavy (non-hydrogen) atoms. The largest absolute Gasteiger partial charge is 0.434 e. The van der Waals surface area contributed by atoms with Gasteiger partial charge in [0, 0.05) is 13.0 Å². The smallest absolute Gasteiger partial charge is 0.313 e. The van der Waals surface area contributed by atoms with Crippen LogP contribution >= 0.6 is 0 Å². The van der Waals surface area contributed by atoms with E-state index in [0.717, 1.165) is 0 Å². The molecule has 0 amide bonds. The molecule has 4 rings (SSSR count). The molecule has 2 aliphatic carbocycles. The zero-order valence-electron chi connectivity index (χ0n) is 12.0. The van der Waals surface area contributed by atoms with E-state index in [2.05, 4.69) is 0 Å². The maximum absolute atomic E-state index is 13.4. The highest BCUT2D eigenvalue weighted by Crippen LogP contribution is 2.61. The van der Waals surface area contributed by atoms with Crippen LogP contribution in [-0.2, 0) is 24.1 Å². The number of methoxy groups -OCH3 is 1. The van der Waals surface area contributed by atoms with Crippen molar-refractivity contribution in [2.24, 2.45) is 17.8 Å². The van der Waals surface area contributed by atoms with Gasteiger partial charge in [-0.3, -0.25) is 4.79 Å². The van der Waals surface area contributed by atoms with Gasteiger partial charge in [0.05, 0.1) is 10.8 Å². The number of benzene rings is 1. The second-order valence-electron chi connectivity index (χ2n) is 6.04. The Morgan fingerprint density at radius 3 is 2.64 bits per heavy atom. The van der Waals surface area contributed by atoms with E-state index in [9.17, 15) is 13.2 Å². The van der Waals surface area contributed by atoms with Crippen LogP contribution in [0.25, 0.3) is 0 Å². The zero-order chi connectivity index (χ0) is 15.5. The Morgan fingerprint density at radius 2 is 1.95 bits per heavy atom. The number of carbonyl (C=O) groups excluding carboxylic acids is 1. The summed E-state index contributed by atoms with van der Waals surface area (Å²) in [5.41, 5.74) is 0. The summed E-state index contributed by atoms with van der Waals surface area (Å²) in [5, 5.41) is 0. The van der Waals surface area contributed by atoms with Crippen LogP contribution in [0.2, 0.25) is 0 Å². The molecule has 0 spiro atoms. The van der Waals surface area contributed by atoms with Crippen LogP contribution in [0.5, 0.6) is 0 Å². The molecule has 1 aliphatic heterocycles. The van der Waals surface area contributed by atoms with Gasteiger partial charge >= 0.3 is 5.97 Å². The van der Waals surface area contributed by atoms with E-state index >= 15 is 0 Å². The lowest BCUT2D eigenvalue weighted by Gasteiger charge is -2.36. The first-order chi connectivity index (χ1) is 10.5. The Kier molecular flexibility index (Phi) is 2.81. The van der Waals surface area contributed by atoms with Crippen molar-refractivity contribution < 1.29 is 22.7 Å². The maximum Gasteiger partial charge on any atom is 0.313 e. The number of fused-ring (bicyclic) bond motifs is 5. The third-order valence-corrected chi connectivity index (χ3v) is 7.76. The lowest BCUT2D eigenvalue weighted by Crippen LogP contribution is -2.54. The van der Waals surface area contributed by atoms with Crippen molar-refractivity contribution in [1.29, 1.82) is 0 Å². The predicted molar refractivity (Wildman–Crippen MR) is 77.5 cm³/mol. The Labute approximate surface area is 128 Å². The van der Waals surface area contributed by atoms with E-state index in [1.807, 2.05) is 12.2 Å². The normalized spacial score (nSPS) is 39.0. The summed E-state index contributed by atoms with van der Waals surface area (Å²) in [7, 11) is -2.40. The van der Waals surface area contributed by atoms with E-state index in [0.29, 0.717) is 6.42 Å². The van der Waals surface area contributed by atoms with Gasteiger partial charge in [0.15, 0.2) is 14.6 Å². The standard InChI is InChI=1S/C16H16O5S/c1-20-15-16(22(18,19)12-5-3-2-4-6-12)11-8-7-10(9-11)13(16)14(17)21-15/h2-8,10-11,13,15H,9H2,1H3/t10-,11+,13+,15+,16-/m1/s1. The minimum atomic E-state index is -3.78. The van der Waals surface area contributed by atoms with Gasteiger partial charge in [-0.1, -0.05) is 30.4 Å². The molecule has 1 aromatic rings. The number of ether oxygens (including phenoxy) is 2. The number of rotatable bonds is 3. The summed E-state index contributed by atoms with van der Waals surface area (Å²) in [5.74, 6) is -1.50. The Bertz CT molecular complexity index is 754. The molecule has 0 unspecified atom stereocenters. The van der Waals surface area contributed by atoms with E-state index in [4.69, 9.17) is 9.47 Å². The number of sulfone groups is 1. The summed E-state index contributed by atoms with van der Waals surface area (Å²) in [6, 6.07) is 8.25. The van der Waals surface area contributed by atoms with Gasteiger partial charge in [0.25, 0.3) is 0 Å². The highest BCUT2D eigenvalue weighted by atomic mass is 32.2. The first-order valence-electron chi connectivity index (χ1n) is 7.24. The molecule has 3 aliphatic rings. The Morgan fingerprint density at radius 1 is 1.23 bits per heavy atom. The van der Waals surface area contributed by atoms with Gasteiger partial charge in [-0.15, -0.1) is 0 Å². The average molecular weight is 320 g/mol. The van der Waals surface area contributed by atoms with Gasteiger partial charge in [-0.05, 0) is 24.5 Å². The molecule has 2 bridgehead atoms. The molecule has 5 atom stereocenters. The van der Waals surface area contributed by atoms with Crippen LogP contribution in [0.3, 0.4) is 0 Å². The van der Waals surface area contributed by atoms with Crippen molar-refractivity contribution in [3.63, 3.8) is 0 Å². The third kappa shape index (κ3) is 1.42. The van der Waals surface area contributed by atoms with Crippen molar-refractivity contribution in [3.8, 4) is 0 Å². The summed E-state index contributed by atoms with van der Waals surface area (Å²) in [6.07, 6.45) is 3.43. The number of hydrogen-bond acceptors (Lipinski definition) is 5. The SMILES string of the molecule is CO[C@H]1OC(=O)[C@@H]2[C@@H]3C=C[C@@H](C3)[C@]12S(=O)(=O)c1ccccc1. The molecule has 1 heterocycles. The van der Waals surface area contributed by atoms with Gasteiger partial charge in [0.2, 0.25) is 6.29 Å². The Balaban J connectivity index is 1.97. The van der Waals surface area contributed by atoms with Crippen LogP contribution < -0.4 is 0 Å². The highest BCUT2D eigenvalue weighted by Gasteiger charge is 2.75. The summed E-state index contributed by atoms with van der Waals surface area (Å²) in [4.78, 5) is 12.5. The van der Waals surface area contributed by atoms with Crippen molar-refractivity contribution in [2.75, 3.05) is 7.11 Å². The van der Waals surface area contributed by atoms with Gasteiger partial charge in [0.1, 0.15) is 0 Å². The first-order valence-corrected chi connectivity index (χ1v) is 8.73. The second-order valence-corrected chi connectivity index (χ2v) is 8.23. The van der Waals surface area contributed by atoms with Crippen molar-refractivity contribution in [3.05, 3.63) is 42.5 Å². The molecule has 1 aromatic carbocycles. The summed E-state index contributed by atoms with van der Waals surface area (Å²) in [6.45, 7) is 0. The fraction of sp³-hybridized carbons (Fsp3) is 0.438. The Hall–Kier alpha value is -1.66. The monoisotopic (exact) mass is 320 g/mol. The van der Waals surface area contributed by atoms with Crippen LogP contribution in [0.1, 0.15) is 6.42 Å². The van der Waals surface area contributed by atoms with Crippen molar-refractivity contribution in [1.82, 2.24) is 0 Å². The lowest BCUT2D eigenvalue weighted by molar-refractivity contribution is -0.162. The van der Waals surface area contributed by atoms with E-state index in [-0.39, 0.29) is 16.7 Å². The number of carbonyl (C=O) groups is 1. The molecule has 2 fully saturated rings. The summed E-state index contributed by atoms with van der Waals surface area (Å²) >= 11 is 0. The van der Waals surface area contributed by atoms with Crippen LogP contribution in [0.4, 0.5) is 0 Å². The molecule has 5 nitrogen and oxygen atoms in total. The molecule has 0 N–H and O–H groups in total. The fourth-order valence-corrected chi connectivity index (χ4v) is 6.85. The first kappa shape index (κ1) is 14.0. The highest BCUT2D eigenvalue weighted by molar-refractivity contribution is 7.93. The summed E-state index contributed by atoms with van der Waals surface area (Å²) < 4.78 is 36.0. The van der Waals surface area contributed by atoms with E-state index in [1.54, 1.807) is 30.3 Å². The van der Waals surface area contributed by atoms with Crippen LogP contribution in [0, 0.1) is 17.8 Å². The number of allylic oxidation sites excluding steroid dienone is 2. The van der Waals surface area contributed by atoms with Crippen molar-refractivity contribution in [2.45, 2.75) is 22.4 Å². The minimum absolute atomic E-state index is 0.0869. The molecular weight excluding hydrogens is 304 g/mol. The topological polar surface area (TPSA) is 69.7 Å². The van der Waals surface area contributed by atoms with E-state index < -0.39 is 32.8 Å². The molecule has 0 aromatic heterocycles. The molecule has 1 saturated heterocycles. The fourth-order valence-electron chi connectivity index (χ4n) is 4.35. The third-order valence-electron chi connectivity index (χ3n) is 5.19. The quantitative estimate of drug-likeness (QED) is 0.624. The van der Waals surface area contributed by atoms with Crippen molar-refractivity contribution >= 4 is 15.8 Å². The predicted octanol–water partition coefficient (Wildman–Crippen LogP) is 1.55. The van der Waals surface area contributed by atoms with Crippen LogP contribution in [-0.4, -0.2) is 32.5 Å². The molecule has 1 saturated carbocycles.